The van der Waals surface area contributed by atoms with Crippen molar-refractivity contribution >= 4 is 46.9 Å². The molecule has 1 unspecified atom stereocenters. The van der Waals surface area contributed by atoms with Crippen LogP contribution in [-0.2, 0) is 20.8 Å². The molecule has 1 saturated carbocycles. The topological polar surface area (TPSA) is 195 Å². The second-order valence-electron chi connectivity index (χ2n) is 14.4. The third-order valence-corrected chi connectivity index (χ3v) is 10.7. The van der Waals surface area contributed by atoms with E-state index in [0.29, 0.717) is 34.4 Å². The molecule has 290 valence electrons. The number of benzene rings is 1. The molecule has 2 saturated heterocycles. The normalized spacial score (nSPS) is 20.2. The number of hydrogen-bond acceptors (Lipinski definition) is 12. The third kappa shape index (κ3) is 11.1. The van der Waals surface area contributed by atoms with Crippen molar-refractivity contribution in [1.29, 1.82) is 5.26 Å². The number of pyridine rings is 1. The summed E-state index contributed by atoms with van der Waals surface area (Å²) >= 11 is 6.14. The Bertz CT molecular complexity index is 1870. The molecule has 15 nitrogen and oxygen atoms in total. The van der Waals surface area contributed by atoms with Crippen molar-refractivity contribution in [2.24, 2.45) is 5.92 Å². The van der Waals surface area contributed by atoms with Gasteiger partial charge >= 0.3 is 0 Å². The SMILES string of the molecule is CN(CCNCC1CCN(c2ccc(C(=O)N[C@H]3CC[C@H](Oc4ccc(C#N)c(Cl)c4)CC3)nn2)CC1)c1cc(CC(=O)NC2CCC(=O)NC2=O)ccn1. The molecule has 4 heterocycles. The van der Waals surface area contributed by atoms with E-state index in [4.69, 9.17) is 21.6 Å². The molecule has 55 heavy (non-hydrogen) atoms. The van der Waals surface area contributed by atoms with Crippen molar-refractivity contribution < 1.29 is 23.9 Å². The van der Waals surface area contributed by atoms with Gasteiger partial charge in [-0.15, -0.1) is 10.2 Å². The lowest BCUT2D eigenvalue weighted by atomic mass is 9.93. The summed E-state index contributed by atoms with van der Waals surface area (Å²) in [5.74, 6) is 1.42. The molecule has 3 aliphatic rings. The molecular weight excluding hydrogens is 724 g/mol. The van der Waals surface area contributed by atoms with Crippen LogP contribution in [0, 0.1) is 17.2 Å². The number of hydrogen-bond donors (Lipinski definition) is 4. The molecule has 0 radical (unpaired) electrons. The molecule has 0 bridgehead atoms. The van der Waals surface area contributed by atoms with Crippen LogP contribution in [0.3, 0.4) is 0 Å². The van der Waals surface area contributed by atoms with Gasteiger partial charge in [-0.2, -0.15) is 5.26 Å². The first-order chi connectivity index (χ1) is 26.6. The van der Waals surface area contributed by atoms with Crippen LogP contribution in [0.1, 0.15) is 73.0 Å². The molecular formula is C39H47ClN10O5. The van der Waals surface area contributed by atoms with Crippen molar-refractivity contribution in [3.8, 4) is 11.8 Å². The maximum atomic E-state index is 12.9. The summed E-state index contributed by atoms with van der Waals surface area (Å²) in [5, 5.41) is 29.7. The van der Waals surface area contributed by atoms with E-state index in [9.17, 15) is 19.2 Å². The number of amides is 4. The standard InChI is InChI=1S/C39H47ClN10O5/c1-49(35-20-26(12-15-43-35)21-37(52)45-32-9-11-36(51)46-38(32)53)19-16-42-24-25-13-17-50(18-14-25)34-10-8-33(47-48-34)39(54)44-28-3-6-29(7-4-28)55-30-5-2-27(23-41)31(40)22-30/h2,5,8,10,12,15,20,22,25,28-29,32,42H,3-4,6-7,9,11,13-14,16-19,21,24H2,1H3,(H,44,54)(H,45,52)(H,46,51,53)/t28-,29-,32?. The Balaban J connectivity index is 0.851. The molecule has 3 fully saturated rings. The highest BCUT2D eigenvalue weighted by atomic mass is 35.5. The number of nitrogens with zero attached hydrogens (tertiary/aromatic N) is 6. The lowest BCUT2D eigenvalue weighted by Crippen LogP contribution is -2.52. The van der Waals surface area contributed by atoms with Crippen LogP contribution in [0.5, 0.6) is 5.75 Å². The highest BCUT2D eigenvalue weighted by molar-refractivity contribution is 6.31. The minimum absolute atomic E-state index is 0.0235. The average molecular weight is 771 g/mol. The zero-order valence-electron chi connectivity index (χ0n) is 30.9. The Morgan fingerprint density at radius 3 is 2.53 bits per heavy atom. The van der Waals surface area contributed by atoms with Crippen LogP contribution in [-0.4, -0.2) is 96.8 Å². The lowest BCUT2D eigenvalue weighted by Gasteiger charge is -2.32. The molecule has 0 spiro atoms. The largest absolute Gasteiger partial charge is 0.490 e. The summed E-state index contributed by atoms with van der Waals surface area (Å²) in [6.45, 7) is 4.13. The van der Waals surface area contributed by atoms with Gasteiger partial charge in [-0.05, 0) is 99.4 Å². The first-order valence-electron chi connectivity index (χ1n) is 18.9. The summed E-state index contributed by atoms with van der Waals surface area (Å²) in [4.78, 5) is 57.5. The second-order valence-corrected chi connectivity index (χ2v) is 14.8. The first-order valence-corrected chi connectivity index (χ1v) is 19.3. The fourth-order valence-electron chi connectivity index (χ4n) is 7.13. The predicted molar refractivity (Wildman–Crippen MR) is 206 cm³/mol. The summed E-state index contributed by atoms with van der Waals surface area (Å²) in [6.07, 6.45) is 7.52. The Morgan fingerprint density at radius 1 is 1.02 bits per heavy atom. The lowest BCUT2D eigenvalue weighted by molar-refractivity contribution is -0.137. The van der Waals surface area contributed by atoms with Crippen LogP contribution < -0.4 is 35.8 Å². The predicted octanol–water partition coefficient (Wildman–Crippen LogP) is 2.92. The van der Waals surface area contributed by atoms with Crippen molar-refractivity contribution in [1.82, 2.24) is 36.4 Å². The summed E-state index contributed by atoms with van der Waals surface area (Å²) in [6, 6.07) is 13.8. The number of nitriles is 1. The van der Waals surface area contributed by atoms with Crippen molar-refractivity contribution in [3.05, 3.63) is 70.5 Å². The van der Waals surface area contributed by atoms with E-state index in [2.05, 4.69) is 41.3 Å². The van der Waals surface area contributed by atoms with Gasteiger partial charge in [0, 0.05) is 58.0 Å². The van der Waals surface area contributed by atoms with E-state index < -0.39 is 11.9 Å². The monoisotopic (exact) mass is 770 g/mol. The number of anilines is 2. The number of ether oxygens (including phenoxy) is 1. The Hall–Kier alpha value is -5.33. The molecule has 2 aliphatic heterocycles. The highest BCUT2D eigenvalue weighted by Crippen LogP contribution is 2.28. The zero-order valence-corrected chi connectivity index (χ0v) is 31.7. The number of carbonyl (C=O) groups is 4. The van der Waals surface area contributed by atoms with Crippen LogP contribution in [0.2, 0.25) is 5.02 Å². The van der Waals surface area contributed by atoms with Gasteiger partial charge < -0.3 is 30.5 Å². The van der Waals surface area contributed by atoms with Crippen LogP contribution in [0.4, 0.5) is 11.6 Å². The molecule has 3 aromatic rings. The number of aromatic nitrogens is 3. The van der Waals surface area contributed by atoms with Crippen LogP contribution in [0.25, 0.3) is 0 Å². The van der Waals surface area contributed by atoms with E-state index in [1.807, 2.05) is 30.1 Å². The second kappa shape index (κ2) is 18.8. The Labute approximate surface area is 325 Å². The molecule has 4 N–H and O–H groups in total. The van der Waals surface area contributed by atoms with Gasteiger partial charge in [-0.1, -0.05) is 11.6 Å². The van der Waals surface area contributed by atoms with E-state index in [1.165, 1.54) is 0 Å². The van der Waals surface area contributed by atoms with E-state index in [-0.39, 0.29) is 42.7 Å². The number of imide groups is 1. The number of nitrogens with one attached hydrogen (secondary N) is 4. The zero-order chi connectivity index (χ0) is 38.7. The smallest absolute Gasteiger partial charge is 0.272 e. The van der Waals surface area contributed by atoms with E-state index in [1.54, 1.807) is 36.5 Å². The number of rotatable bonds is 14. The average Bonchev–Trinajstić information content (AvgIpc) is 3.19. The number of piperidine rings is 2. The van der Waals surface area contributed by atoms with Crippen LogP contribution in [0.15, 0.2) is 48.7 Å². The minimum atomic E-state index is -0.692. The molecule has 2 aromatic heterocycles. The molecule has 16 heteroatoms. The molecule has 1 atom stereocenters. The molecule has 4 amide bonds. The summed E-state index contributed by atoms with van der Waals surface area (Å²) in [7, 11) is 1.96. The van der Waals surface area contributed by atoms with Gasteiger partial charge in [0.25, 0.3) is 5.91 Å². The number of likely N-dealkylation sites (N-methyl/N-ethyl adjacent to an activating group) is 1. The van der Waals surface area contributed by atoms with E-state index >= 15 is 0 Å². The minimum Gasteiger partial charge on any atom is -0.490 e. The highest BCUT2D eigenvalue weighted by Gasteiger charge is 2.28. The maximum Gasteiger partial charge on any atom is 0.272 e. The molecule has 1 aliphatic carbocycles. The van der Waals surface area contributed by atoms with Gasteiger partial charge in [0.1, 0.15) is 23.7 Å². The van der Waals surface area contributed by atoms with Crippen molar-refractivity contribution in [2.45, 2.75) is 76.0 Å². The van der Waals surface area contributed by atoms with Gasteiger partial charge in [-0.3, -0.25) is 24.5 Å². The Morgan fingerprint density at radius 2 is 1.82 bits per heavy atom. The van der Waals surface area contributed by atoms with Crippen molar-refractivity contribution in [3.63, 3.8) is 0 Å². The van der Waals surface area contributed by atoms with E-state index in [0.717, 1.165) is 88.4 Å². The van der Waals surface area contributed by atoms with Gasteiger partial charge in [0.15, 0.2) is 11.5 Å². The summed E-state index contributed by atoms with van der Waals surface area (Å²) in [5.41, 5.74) is 1.51. The summed E-state index contributed by atoms with van der Waals surface area (Å²) < 4.78 is 6.07. The fourth-order valence-corrected chi connectivity index (χ4v) is 7.34. The van der Waals surface area contributed by atoms with Gasteiger partial charge in [0.05, 0.1) is 23.1 Å². The van der Waals surface area contributed by atoms with Gasteiger partial charge in [-0.25, -0.2) is 4.98 Å². The molecule has 1 aromatic carbocycles. The quantitative estimate of drug-likeness (QED) is 0.139. The number of carbonyl (C=O) groups excluding carboxylic acids is 4. The number of halogens is 1. The third-order valence-electron chi connectivity index (χ3n) is 10.4. The maximum absolute atomic E-state index is 12.9. The fraction of sp³-hybridized carbons (Fsp3) is 0.487. The Kier molecular flexibility index (Phi) is 13.5. The van der Waals surface area contributed by atoms with Crippen molar-refractivity contribution in [2.75, 3.05) is 49.6 Å². The molecule has 6 rings (SSSR count). The van der Waals surface area contributed by atoms with Gasteiger partial charge in [0.2, 0.25) is 17.7 Å². The van der Waals surface area contributed by atoms with Crippen LogP contribution >= 0.6 is 11.6 Å². The first kappa shape index (κ1) is 39.4.